The predicted octanol–water partition coefficient (Wildman–Crippen LogP) is 2.17. The van der Waals surface area contributed by atoms with Crippen molar-refractivity contribution in [2.24, 2.45) is 5.41 Å². The van der Waals surface area contributed by atoms with Crippen LogP contribution < -0.4 is 4.90 Å². The molecule has 0 bridgehead atoms. The Bertz CT molecular complexity index is 624. The lowest BCUT2D eigenvalue weighted by Gasteiger charge is -2.25. The van der Waals surface area contributed by atoms with Gasteiger partial charge in [-0.1, -0.05) is 13.3 Å². The highest BCUT2D eigenvalue weighted by atomic mass is 32.2. The van der Waals surface area contributed by atoms with Crippen LogP contribution in [0.5, 0.6) is 0 Å². The maximum atomic E-state index is 11.6. The summed E-state index contributed by atoms with van der Waals surface area (Å²) in [7, 11) is -3.20. The lowest BCUT2D eigenvalue weighted by atomic mass is 9.83. The van der Waals surface area contributed by atoms with Crippen molar-refractivity contribution in [3.8, 4) is 0 Å². The quantitative estimate of drug-likeness (QED) is 0.902. The minimum atomic E-state index is -3.20. The molecule has 1 aromatic carbocycles. The van der Waals surface area contributed by atoms with Crippen molar-refractivity contribution in [3.05, 3.63) is 24.3 Å². The van der Waals surface area contributed by atoms with Crippen LogP contribution in [0.15, 0.2) is 29.2 Å². The first-order chi connectivity index (χ1) is 9.78. The maximum Gasteiger partial charge on any atom is 0.311 e. The Hall–Kier alpha value is -1.56. The molecule has 1 N–H and O–H groups in total. The molecule has 0 radical (unpaired) electrons. The van der Waals surface area contributed by atoms with Gasteiger partial charge in [-0.2, -0.15) is 0 Å². The molecule has 1 aromatic rings. The number of carbonyl (C=O) groups is 1. The van der Waals surface area contributed by atoms with E-state index in [4.69, 9.17) is 0 Å². The van der Waals surface area contributed by atoms with E-state index < -0.39 is 21.2 Å². The molecule has 5 nitrogen and oxygen atoms in total. The fraction of sp³-hybridized carbons (Fsp3) is 0.533. The van der Waals surface area contributed by atoms with Crippen molar-refractivity contribution in [1.82, 2.24) is 0 Å². The van der Waals surface area contributed by atoms with E-state index in [0.717, 1.165) is 12.1 Å². The number of nitrogens with zero attached hydrogens (tertiary/aromatic N) is 1. The third-order valence-corrected chi connectivity index (χ3v) is 5.29. The molecule has 0 aromatic heterocycles. The first-order valence-corrected chi connectivity index (χ1v) is 8.96. The molecule has 1 unspecified atom stereocenters. The summed E-state index contributed by atoms with van der Waals surface area (Å²) in [6, 6.07) is 6.65. The van der Waals surface area contributed by atoms with Gasteiger partial charge in [-0.05, 0) is 37.1 Å². The van der Waals surface area contributed by atoms with Crippen LogP contribution in [0.4, 0.5) is 5.69 Å². The number of hydrogen-bond donors (Lipinski definition) is 1. The Balaban J connectivity index is 2.19. The van der Waals surface area contributed by atoms with Crippen molar-refractivity contribution >= 4 is 21.5 Å². The second-order valence-electron chi connectivity index (χ2n) is 5.77. The van der Waals surface area contributed by atoms with Crippen molar-refractivity contribution in [1.29, 1.82) is 0 Å². The van der Waals surface area contributed by atoms with Gasteiger partial charge in [-0.3, -0.25) is 4.79 Å². The summed E-state index contributed by atoms with van der Waals surface area (Å²) < 4.78 is 22.9. The molecule has 1 saturated heterocycles. The molecule has 1 heterocycles. The topological polar surface area (TPSA) is 74.7 Å². The molecular formula is C15H21NO4S. The molecule has 6 heteroatoms. The summed E-state index contributed by atoms with van der Waals surface area (Å²) >= 11 is 0. The third kappa shape index (κ3) is 3.20. The van der Waals surface area contributed by atoms with Gasteiger partial charge in [0, 0.05) is 25.0 Å². The highest BCUT2D eigenvalue weighted by molar-refractivity contribution is 7.90. The van der Waals surface area contributed by atoms with Crippen LogP contribution in [0.1, 0.15) is 26.2 Å². The SMILES string of the molecule is CCCC1(C(=O)O)CCN(c2ccc(S(C)(=O)=O)cc2)C1. The Morgan fingerprint density at radius 1 is 1.33 bits per heavy atom. The summed E-state index contributed by atoms with van der Waals surface area (Å²) in [6.45, 7) is 3.16. The smallest absolute Gasteiger partial charge is 0.311 e. The summed E-state index contributed by atoms with van der Waals surface area (Å²) in [5, 5.41) is 9.50. The number of carboxylic acid groups (broad SMARTS) is 1. The molecule has 1 atom stereocenters. The highest BCUT2D eigenvalue weighted by Gasteiger charge is 2.44. The fourth-order valence-electron chi connectivity index (χ4n) is 2.96. The first kappa shape index (κ1) is 15.8. The summed E-state index contributed by atoms with van der Waals surface area (Å²) in [5.41, 5.74) is 0.200. The number of rotatable bonds is 5. The minimum absolute atomic E-state index is 0.281. The summed E-state index contributed by atoms with van der Waals surface area (Å²) in [5.74, 6) is -0.736. The number of carboxylic acids is 1. The Morgan fingerprint density at radius 3 is 2.43 bits per heavy atom. The second-order valence-corrected chi connectivity index (χ2v) is 7.79. The van der Waals surface area contributed by atoms with Gasteiger partial charge < -0.3 is 10.0 Å². The highest BCUT2D eigenvalue weighted by Crippen LogP contribution is 2.37. The van der Waals surface area contributed by atoms with Gasteiger partial charge in [0.2, 0.25) is 0 Å². The first-order valence-electron chi connectivity index (χ1n) is 7.07. The van der Waals surface area contributed by atoms with Gasteiger partial charge in [0.15, 0.2) is 9.84 Å². The van der Waals surface area contributed by atoms with E-state index >= 15 is 0 Å². The Labute approximate surface area is 125 Å². The van der Waals surface area contributed by atoms with E-state index in [1.165, 1.54) is 6.26 Å². The van der Waals surface area contributed by atoms with E-state index in [1.807, 2.05) is 11.8 Å². The standard InChI is InChI=1S/C15H21NO4S/c1-3-8-15(14(17)18)9-10-16(11-15)12-4-6-13(7-5-12)21(2,19)20/h4-7H,3,8-11H2,1-2H3,(H,17,18). The monoisotopic (exact) mass is 311 g/mol. The van der Waals surface area contributed by atoms with Crippen molar-refractivity contribution in [2.75, 3.05) is 24.2 Å². The van der Waals surface area contributed by atoms with E-state index in [0.29, 0.717) is 25.9 Å². The van der Waals surface area contributed by atoms with E-state index in [2.05, 4.69) is 0 Å². The number of benzene rings is 1. The average Bonchev–Trinajstić information content (AvgIpc) is 2.84. The van der Waals surface area contributed by atoms with Gasteiger partial charge in [0.25, 0.3) is 0 Å². The number of hydrogen-bond acceptors (Lipinski definition) is 4. The lowest BCUT2D eigenvalue weighted by molar-refractivity contribution is -0.148. The van der Waals surface area contributed by atoms with Gasteiger partial charge >= 0.3 is 5.97 Å². The molecule has 1 fully saturated rings. The van der Waals surface area contributed by atoms with Crippen LogP contribution in [0.3, 0.4) is 0 Å². The molecular weight excluding hydrogens is 290 g/mol. The van der Waals surface area contributed by atoms with Crippen LogP contribution in [0.25, 0.3) is 0 Å². The van der Waals surface area contributed by atoms with E-state index in [9.17, 15) is 18.3 Å². The van der Waals surface area contributed by atoms with Crippen LogP contribution in [0, 0.1) is 5.41 Å². The summed E-state index contributed by atoms with van der Waals surface area (Å²) in [4.78, 5) is 13.9. The molecule has 0 amide bonds. The minimum Gasteiger partial charge on any atom is -0.481 e. The van der Waals surface area contributed by atoms with Gasteiger partial charge in [0.05, 0.1) is 10.3 Å². The predicted molar refractivity (Wildman–Crippen MR) is 81.4 cm³/mol. The van der Waals surface area contributed by atoms with Crippen molar-refractivity contribution in [2.45, 2.75) is 31.1 Å². The molecule has 0 saturated carbocycles. The number of sulfone groups is 1. The maximum absolute atomic E-state index is 11.6. The number of anilines is 1. The third-order valence-electron chi connectivity index (χ3n) is 4.17. The molecule has 21 heavy (non-hydrogen) atoms. The fourth-order valence-corrected chi connectivity index (χ4v) is 3.59. The molecule has 116 valence electrons. The normalized spacial score (nSPS) is 22.5. The van der Waals surface area contributed by atoms with Crippen LogP contribution in [-0.2, 0) is 14.6 Å². The van der Waals surface area contributed by atoms with E-state index in [1.54, 1.807) is 24.3 Å². The van der Waals surface area contributed by atoms with Gasteiger partial charge in [-0.25, -0.2) is 8.42 Å². The van der Waals surface area contributed by atoms with Crippen molar-refractivity contribution < 1.29 is 18.3 Å². The van der Waals surface area contributed by atoms with Crippen LogP contribution >= 0.6 is 0 Å². The molecule has 0 spiro atoms. The summed E-state index contributed by atoms with van der Waals surface area (Å²) in [6.07, 6.45) is 3.31. The second kappa shape index (κ2) is 5.67. The van der Waals surface area contributed by atoms with Crippen LogP contribution in [-0.4, -0.2) is 38.8 Å². The van der Waals surface area contributed by atoms with Gasteiger partial charge in [-0.15, -0.1) is 0 Å². The number of aliphatic carboxylic acids is 1. The zero-order valence-electron chi connectivity index (χ0n) is 12.4. The zero-order chi connectivity index (χ0) is 15.7. The largest absolute Gasteiger partial charge is 0.481 e. The lowest BCUT2D eigenvalue weighted by Crippen LogP contribution is -2.34. The van der Waals surface area contributed by atoms with Gasteiger partial charge in [0.1, 0.15) is 0 Å². The average molecular weight is 311 g/mol. The zero-order valence-corrected chi connectivity index (χ0v) is 13.2. The molecule has 2 rings (SSSR count). The molecule has 1 aliphatic rings. The molecule has 0 aliphatic carbocycles. The van der Waals surface area contributed by atoms with Crippen LogP contribution in [0.2, 0.25) is 0 Å². The van der Waals surface area contributed by atoms with Crippen molar-refractivity contribution in [3.63, 3.8) is 0 Å². The van der Waals surface area contributed by atoms with E-state index in [-0.39, 0.29) is 4.90 Å². The Morgan fingerprint density at radius 2 is 1.95 bits per heavy atom. The Kier molecular flexibility index (Phi) is 4.27. The molecule has 1 aliphatic heterocycles.